The molecule has 1 N–H and O–H groups in total. The first kappa shape index (κ1) is 24.8. The number of rotatable bonds is 9. The highest BCUT2D eigenvalue weighted by molar-refractivity contribution is 5.94. The molecule has 2 aromatic carbocycles. The maximum atomic E-state index is 13.0. The van der Waals surface area contributed by atoms with E-state index in [4.69, 9.17) is 9.47 Å². The van der Waals surface area contributed by atoms with E-state index in [2.05, 4.69) is 15.2 Å². The van der Waals surface area contributed by atoms with Gasteiger partial charge in [0.1, 0.15) is 0 Å². The summed E-state index contributed by atoms with van der Waals surface area (Å²) in [5, 5.41) is 6.68. The van der Waals surface area contributed by atoms with E-state index in [1.807, 2.05) is 0 Å². The largest absolute Gasteiger partial charge is 0.493 e. The quantitative estimate of drug-likeness (QED) is 0.453. The van der Waals surface area contributed by atoms with Crippen molar-refractivity contribution in [1.29, 1.82) is 0 Å². The van der Waals surface area contributed by atoms with Crippen LogP contribution < -0.4 is 19.5 Å². The maximum absolute atomic E-state index is 13.0. The van der Waals surface area contributed by atoms with E-state index in [1.54, 1.807) is 6.07 Å². The number of methoxy groups -OCH3 is 2. The van der Waals surface area contributed by atoms with Crippen LogP contribution in [0.4, 0.5) is 22.0 Å². The van der Waals surface area contributed by atoms with E-state index in [9.17, 15) is 26.7 Å². The van der Waals surface area contributed by atoms with Gasteiger partial charge < -0.3 is 19.5 Å². The fourth-order valence-corrected chi connectivity index (χ4v) is 3.09. The van der Waals surface area contributed by atoms with Crippen molar-refractivity contribution in [1.82, 2.24) is 15.1 Å². The summed E-state index contributed by atoms with van der Waals surface area (Å²) in [6.45, 7) is -2.91. The van der Waals surface area contributed by atoms with Crippen molar-refractivity contribution in [3.8, 4) is 22.9 Å². The smallest absolute Gasteiger partial charge is 0.416 e. The fourth-order valence-electron chi connectivity index (χ4n) is 3.09. The average Bonchev–Trinajstić information content (AvgIpc) is 3.23. The molecule has 12 heteroatoms. The number of aromatic nitrogens is 2. The summed E-state index contributed by atoms with van der Waals surface area (Å²) in [6, 6.07) is 8.94. The number of ether oxygens (including phenoxy) is 3. The number of alkyl halides is 5. The van der Waals surface area contributed by atoms with Crippen LogP contribution in [0.15, 0.2) is 48.7 Å². The van der Waals surface area contributed by atoms with E-state index in [0.717, 1.165) is 16.8 Å². The summed E-state index contributed by atoms with van der Waals surface area (Å²) < 4.78 is 79.8. The molecule has 34 heavy (non-hydrogen) atoms. The summed E-state index contributed by atoms with van der Waals surface area (Å²) in [4.78, 5) is 12.6. The Kier molecular flexibility index (Phi) is 7.59. The molecule has 0 aliphatic heterocycles. The van der Waals surface area contributed by atoms with Crippen LogP contribution in [0.3, 0.4) is 0 Å². The first-order chi connectivity index (χ1) is 16.1. The van der Waals surface area contributed by atoms with Gasteiger partial charge in [-0.3, -0.25) is 4.79 Å². The molecule has 3 rings (SSSR count). The molecular formula is C22H20F5N3O4. The molecule has 0 fully saturated rings. The van der Waals surface area contributed by atoms with Crippen molar-refractivity contribution < 1.29 is 41.0 Å². The molecule has 0 radical (unpaired) electrons. The zero-order valence-corrected chi connectivity index (χ0v) is 18.0. The number of nitrogens with zero attached hydrogens (tertiary/aromatic N) is 2. The lowest BCUT2D eigenvalue weighted by Crippen LogP contribution is -2.26. The van der Waals surface area contributed by atoms with Gasteiger partial charge >= 0.3 is 12.8 Å². The van der Waals surface area contributed by atoms with Crippen LogP contribution in [0.5, 0.6) is 17.2 Å². The van der Waals surface area contributed by atoms with Gasteiger partial charge in [-0.1, -0.05) is 12.1 Å². The molecule has 3 aromatic rings. The number of nitrogens with one attached hydrogen (secondary N) is 1. The molecule has 1 heterocycles. The molecule has 1 aromatic heterocycles. The maximum Gasteiger partial charge on any atom is 0.416 e. The molecule has 182 valence electrons. The Bertz CT molecular complexity index is 1150. The molecule has 0 spiro atoms. The molecule has 0 unspecified atom stereocenters. The predicted octanol–water partition coefficient (Wildman–Crippen LogP) is 4.48. The van der Waals surface area contributed by atoms with Gasteiger partial charge in [0.2, 0.25) is 0 Å². The molecule has 0 bridgehead atoms. The van der Waals surface area contributed by atoms with Crippen LogP contribution in [0, 0.1) is 0 Å². The Labute approximate surface area is 191 Å². The molecule has 7 nitrogen and oxygen atoms in total. The second-order valence-corrected chi connectivity index (χ2v) is 6.91. The summed E-state index contributed by atoms with van der Waals surface area (Å²) in [5.41, 5.74) is -0.299. The van der Waals surface area contributed by atoms with Crippen LogP contribution >= 0.6 is 0 Å². The van der Waals surface area contributed by atoms with Gasteiger partial charge in [-0.25, -0.2) is 4.68 Å². The second kappa shape index (κ2) is 10.4. The van der Waals surface area contributed by atoms with E-state index in [1.165, 1.54) is 44.7 Å². The van der Waals surface area contributed by atoms with E-state index >= 15 is 0 Å². The lowest BCUT2D eigenvalue weighted by atomic mass is 10.1. The summed E-state index contributed by atoms with van der Waals surface area (Å²) in [5.74, 6) is -0.562. The Balaban J connectivity index is 1.71. The van der Waals surface area contributed by atoms with Gasteiger partial charge in [-0.15, -0.1) is 0 Å². The zero-order valence-electron chi connectivity index (χ0n) is 18.0. The normalized spacial score (nSPS) is 11.4. The highest BCUT2D eigenvalue weighted by Gasteiger charge is 2.30. The Hall–Kier alpha value is -3.83. The fraction of sp³-hybridized carbons (Fsp3) is 0.273. The first-order valence-corrected chi connectivity index (χ1v) is 9.83. The lowest BCUT2D eigenvalue weighted by Gasteiger charge is -2.11. The number of amides is 1. The highest BCUT2D eigenvalue weighted by Crippen LogP contribution is 2.31. The number of carbonyl (C=O) groups is 1. The molecule has 1 amide bonds. The Morgan fingerprint density at radius 1 is 1.06 bits per heavy atom. The molecule has 0 saturated carbocycles. The minimum Gasteiger partial charge on any atom is -0.493 e. The molecule has 0 aliphatic carbocycles. The van der Waals surface area contributed by atoms with Crippen molar-refractivity contribution >= 4 is 5.91 Å². The van der Waals surface area contributed by atoms with Gasteiger partial charge in [0.05, 0.1) is 31.7 Å². The van der Waals surface area contributed by atoms with Gasteiger partial charge in [0.25, 0.3) is 5.91 Å². The minimum atomic E-state index is -4.53. The molecule has 0 aliphatic rings. The SMILES string of the molecule is COc1ccc(CCNC(=O)c2nn(-c3cccc(C(F)(F)F)c3)cc2OC)cc1OC(F)F. The third kappa shape index (κ3) is 5.94. The predicted molar refractivity (Wildman–Crippen MR) is 111 cm³/mol. The monoisotopic (exact) mass is 485 g/mol. The molecular weight excluding hydrogens is 465 g/mol. The lowest BCUT2D eigenvalue weighted by molar-refractivity contribution is -0.137. The Morgan fingerprint density at radius 2 is 1.79 bits per heavy atom. The summed E-state index contributed by atoms with van der Waals surface area (Å²) >= 11 is 0. The van der Waals surface area contributed by atoms with E-state index in [0.29, 0.717) is 5.56 Å². The third-order valence-corrected chi connectivity index (χ3v) is 4.70. The average molecular weight is 485 g/mol. The number of halogens is 5. The van der Waals surface area contributed by atoms with Gasteiger partial charge in [-0.2, -0.15) is 27.1 Å². The topological polar surface area (TPSA) is 74.6 Å². The van der Waals surface area contributed by atoms with E-state index in [-0.39, 0.29) is 41.6 Å². The van der Waals surface area contributed by atoms with Crippen molar-refractivity contribution in [2.24, 2.45) is 0 Å². The van der Waals surface area contributed by atoms with Crippen LogP contribution in [0.25, 0.3) is 5.69 Å². The van der Waals surface area contributed by atoms with Crippen molar-refractivity contribution in [3.05, 3.63) is 65.5 Å². The zero-order chi connectivity index (χ0) is 24.9. The first-order valence-electron chi connectivity index (χ1n) is 9.83. The van der Waals surface area contributed by atoms with Crippen LogP contribution in [0.1, 0.15) is 21.6 Å². The van der Waals surface area contributed by atoms with Crippen LogP contribution in [-0.4, -0.2) is 43.1 Å². The van der Waals surface area contributed by atoms with Gasteiger partial charge in [0, 0.05) is 6.54 Å². The third-order valence-electron chi connectivity index (χ3n) is 4.70. The number of benzene rings is 2. The standard InChI is InChI=1S/C22H20F5N3O4/c1-32-16-7-6-13(10-17(16)34-21(23)24)8-9-28-20(31)19-18(33-2)12-30(29-19)15-5-3-4-14(11-15)22(25,26)27/h3-7,10-12,21H,8-9H2,1-2H3,(H,28,31). The highest BCUT2D eigenvalue weighted by atomic mass is 19.4. The minimum absolute atomic E-state index is 0.0620. The van der Waals surface area contributed by atoms with Gasteiger partial charge in [0.15, 0.2) is 22.9 Å². The molecule has 0 saturated heterocycles. The number of hydrogen-bond donors (Lipinski definition) is 1. The number of carbonyl (C=O) groups excluding carboxylic acids is 1. The second-order valence-electron chi connectivity index (χ2n) is 6.91. The van der Waals surface area contributed by atoms with E-state index < -0.39 is 24.3 Å². The number of hydrogen-bond acceptors (Lipinski definition) is 5. The van der Waals surface area contributed by atoms with Crippen molar-refractivity contribution in [3.63, 3.8) is 0 Å². The van der Waals surface area contributed by atoms with Crippen LogP contribution in [-0.2, 0) is 12.6 Å². The Morgan fingerprint density at radius 3 is 2.44 bits per heavy atom. The van der Waals surface area contributed by atoms with Crippen molar-refractivity contribution in [2.75, 3.05) is 20.8 Å². The van der Waals surface area contributed by atoms with Crippen LogP contribution in [0.2, 0.25) is 0 Å². The molecule has 0 atom stereocenters. The van der Waals surface area contributed by atoms with Gasteiger partial charge in [-0.05, 0) is 42.3 Å². The summed E-state index contributed by atoms with van der Waals surface area (Å²) in [6.07, 6.45) is -2.97. The summed E-state index contributed by atoms with van der Waals surface area (Å²) in [7, 11) is 2.62. The van der Waals surface area contributed by atoms with Crippen molar-refractivity contribution in [2.45, 2.75) is 19.2 Å².